The van der Waals surface area contributed by atoms with Crippen LogP contribution in [0, 0.1) is 5.41 Å². The van der Waals surface area contributed by atoms with Crippen molar-refractivity contribution in [1.82, 2.24) is 4.90 Å². The van der Waals surface area contributed by atoms with Crippen LogP contribution in [0.3, 0.4) is 0 Å². The Morgan fingerprint density at radius 3 is 2.71 bits per heavy atom. The smallest absolute Gasteiger partial charge is 0.195 e. The summed E-state index contributed by atoms with van der Waals surface area (Å²) in [5.74, 6) is 0. The fourth-order valence-electron chi connectivity index (χ4n) is 2.89. The second kappa shape index (κ2) is 5.34. The van der Waals surface area contributed by atoms with E-state index in [9.17, 15) is 5.11 Å². The lowest BCUT2D eigenvalue weighted by Gasteiger charge is -2.38. The van der Waals surface area contributed by atoms with E-state index < -0.39 is 5.60 Å². The van der Waals surface area contributed by atoms with Gasteiger partial charge in [0.25, 0.3) is 0 Å². The van der Waals surface area contributed by atoms with Gasteiger partial charge in [-0.25, -0.2) is 4.99 Å². The van der Waals surface area contributed by atoms with Crippen LogP contribution in [0.25, 0.3) is 0 Å². The molecule has 1 aromatic rings. The average Bonchev–Trinajstić information content (AvgIpc) is 3.09. The van der Waals surface area contributed by atoms with Crippen molar-refractivity contribution in [2.24, 2.45) is 10.4 Å². The first-order chi connectivity index (χ1) is 9.94. The minimum absolute atomic E-state index is 0.0651. The van der Waals surface area contributed by atoms with Crippen molar-refractivity contribution < 1.29 is 5.11 Å². The summed E-state index contributed by atoms with van der Waals surface area (Å²) in [7, 11) is 0. The number of benzene rings is 1. The van der Waals surface area contributed by atoms with Crippen LogP contribution in [-0.4, -0.2) is 40.0 Å². The minimum atomic E-state index is -0.838. The second-order valence-electron chi connectivity index (χ2n) is 6.34. The normalized spacial score (nSPS) is 22.4. The molecule has 2 aliphatic rings. The van der Waals surface area contributed by atoms with Crippen LogP contribution in [0.5, 0.6) is 0 Å². The molecule has 1 aliphatic carbocycles. The van der Waals surface area contributed by atoms with Crippen LogP contribution in [0.1, 0.15) is 25.3 Å². The van der Waals surface area contributed by atoms with Gasteiger partial charge in [-0.2, -0.15) is 0 Å². The van der Waals surface area contributed by atoms with Gasteiger partial charge in [-0.1, -0.05) is 36.7 Å². The Kier molecular flexibility index (Phi) is 3.80. The summed E-state index contributed by atoms with van der Waals surface area (Å²) < 4.78 is 0. The molecule has 112 valence electrons. The van der Waals surface area contributed by atoms with Crippen LogP contribution in [-0.2, 0) is 6.42 Å². The maximum Gasteiger partial charge on any atom is 0.195 e. The molecular formula is C16H19ClN2OS. The van der Waals surface area contributed by atoms with Gasteiger partial charge in [-0.05, 0) is 42.1 Å². The lowest BCUT2D eigenvalue weighted by molar-refractivity contribution is -0.0377. The van der Waals surface area contributed by atoms with Gasteiger partial charge >= 0.3 is 0 Å². The monoisotopic (exact) mass is 322 g/mol. The zero-order valence-electron chi connectivity index (χ0n) is 12.1. The number of aliphatic hydroxyl groups is 1. The maximum atomic E-state index is 11.4. The van der Waals surface area contributed by atoms with Crippen LogP contribution in [0.15, 0.2) is 29.3 Å². The summed E-state index contributed by atoms with van der Waals surface area (Å²) in [6.45, 7) is 3.33. The van der Waals surface area contributed by atoms with Crippen molar-refractivity contribution in [1.29, 1.82) is 0 Å². The average molecular weight is 323 g/mol. The van der Waals surface area contributed by atoms with E-state index in [0.717, 1.165) is 18.4 Å². The number of β-amino-alcohol motifs (C(OH)–C–C–N with tert-alkyl or cyclic N) is 1. The van der Waals surface area contributed by atoms with E-state index in [1.165, 1.54) is 0 Å². The number of halogens is 1. The zero-order valence-corrected chi connectivity index (χ0v) is 13.6. The van der Waals surface area contributed by atoms with Crippen LogP contribution >= 0.6 is 23.8 Å². The van der Waals surface area contributed by atoms with Gasteiger partial charge in [-0.15, -0.1) is 0 Å². The molecule has 1 aliphatic heterocycles. The topological polar surface area (TPSA) is 35.8 Å². The Balaban J connectivity index is 1.84. The summed E-state index contributed by atoms with van der Waals surface area (Å²) >= 11 is 11.5. The molecule has 3 rings (SSSR count). The van der Waals surface area contributed by atoms with Gasteiger partial charge in [0.05, 0.1) is 18.7 Å². The molecule has 0 spiro atoms. The lowest BCUT2D eigenvalue weighted by atomic mass is 9.80. The van der Waals surface area contributed by atoms with E-state index in [1.54, 1.807) is 6.21 Å². The Hall–Kier alpha value is -0.970. The van der Waals surface area contributed by atoms with Gasteiger partial charge in [0, 0.05) is 17.7 Å². The summed E-state index contributed by atoms with van der Waals surface area (Å²) in [6.07, 6.45) is 4.42. The Morgan fingerprint density at radius 1 is 1.43 bits per heavy atom. The van der Waals surface area contributed by atoms with Crippen molar-refractivity contribution in [3.05, 3.63) is 34.9 Å². The first-order valence-electron chi connectivity index (χ1n) is 7.21. The van der Waals surface area contributed by atoms with Crippen molar-refractivity contribution in [2.75, 3.05) is 13.1 Å². The standard InChI is InChI=1S/C16H19ClN2OS/c1-15(6-7-15)16(20,11-19-9-8-18-14(19)21)10-12-4-2-3-5-13(12)17/h2-5,8,20H,6-7,9-11H2,1H3. The van der Waals surface area contributed by atoms with Crippen LogP contribution < -0.4 is 0 Å². The number of rotatable bonds is 5. The SMILES string of the molecule is CC1(C(O)(Cc2ccccc2Cl)CN2CC=NC2=S)CC1. The molecule has 0 aromatic heterocycles. The first-order valence-corrected chi connectivity index (χ1v) is 7.99. The summed E-state index contributed by atoms with van der Waals surface area (Å²) in [4.78, 5) is 6.09. The lowest BCUT2D eigenvalue weighted by Crippen LogP contribution is -2.51. The second-order valence-corrected chi connectivity index (χ2v) is 7.11. The summed E-state index contributed by atoms with van der Waals surface area (Å²) in [5.41, 5.74) is 0.0842. The van der Waals surface area contributed by atoms with Crippen LogP contribution in [0.4, 0.5) is 0 Å². The number of aliphatic imine (C=N–C) groups is 1. The predicted octanol–water partition coefficient (Wildman–Crippen LogP) is 3.09. The molecule has 3 nitrogen and oxygen atoms in total. The molecule has 1 saturated carbocycles. The molecule has 1 unspecified atom stereocenters. The Morgan fingerprint density at radius 2 is 2.14 bits per heavy atom. The molecule has 5 heteroatoms. The Labute approximate surface area is 135 Å². The predicted molar refractivity (Wildman–Crippen MR) is 90.1 cm³/mol. The van der Waals surface area contributed by atoms with E-state index in [2.05, 4.69) is 11.9 Å². The van der Waals surface area contributed by atoms with Crippen molar-refractivity contribution in [3.8, 4) is 0 Å². The van der Waals surface area contributed by atoms with Crippen molar-refractivity contribution >= 4 is 35.1 Å². The van der Waals surface area contributed by atoms with Gasteiger partial charge in [0.1, 0.15) is 0 Å². The van der Waals surface area contributed by atoms with Gasteiger partial charge in [-0.3, -0.25) is 0 Å². The largest absolute Gasteiger partial charge is 0.387 e. The summed E-state index contributed by atoms with van der Waals surface area (Å²) in [6, 6.07) is 7.72. The molecule has 1 heterocycles. The van der Waals surface area contributed by atoms with E-state index in [0.29, 0.717) is 29.6 Å². The highest BCUT2D eigenvalue weighted by Crippen LogP contribution is 2.55. The molecule has 1 N–H and O–H groups in total. The maximum absolute atomic E-state index is 11.4. The molecular weight excluding hydrogens is 304 g/mol. The molecule has 0 bridgehead atoms. The molecule has 21 heavy (non-hydrogen) atoms. The quantitative estimate of drug-likeness (QED) is 0.846. The molecule has 1 fully saturated rings. The number of nitrogens with zero attached hydrogens (tertiary/aromatic N) is 2. The van der Waals surface area contributed by atoms with Crippen molar-refractivity contribution in [2.45, 2.75) is 31.8 Å². The molecule has 1 atom stereocenters. The Bertz CT molecular complexity index is 600. The van der Waals surface area contributed by atoms with Gasteiger partial charge in [0.15, 0.2) is 5.11 Å². The van der Waals surface area contributed by atoms with E-state index in [1.807, 2.05) is 29.2 Å². The highest BCUT2D eigenvalue weighted by molar-refractivity contribution is 7.80. The van der Waals surface area contributed by atoms with Gasteiger partial charge in [0.2, 0.25) is 0 Å². The van der Waals surface area contributed by atoms with E-state index in [4.69, 9.17) is 23.8 Å². The molecule has 0 saturated heterocycles. The fraction of sp³-hybridized carbons (Fsp3) is 0.500. The number of hydrogen-bond donors (Lipinski definition) is 1. The van der Waals surface area contributed by atoms with E-state index >= 15 is 0 Å². The van der Waals surface area contributed by atoms with E-state index in [-0.39, 0.29) is 5.41 Å². The van der Waals surface area contributed by atoms with Crippen LogP contribution in [0.2, 0.25) is 5.02 Å². The van der Waals surface area contributed by atoms with Gasteiger partial charge < -0.3 is 10.0 Å². The number of thiocarbonyl (C=S) groups is 1. The fourth-order valence-corrected chi connectivity index (χ4v) is 3.31. The third-order valence-corrected chi connectivity index (χ3v) is 5.52. The zero-order chi connectivity index (χ0) is 15.1. The third kappa shape index (κ3) is 2.85. The number of hydrogen-bond acceptors (Lipinski definition) is 2. The highest BCUT2D eigenvalue weighted by Gasteiger charge is 2.55. The third-order valence-electron chi connectivity index (χ3n) is 4.79. The first kappa shape index (κ1) is 14.9. The van der Waals surface area contributed by atoms with Crippen molar-refractivity contribution in [3.63, 3.8) is 0 Å². The molecule has 1 aromatic carbocycles. The molecule has 0 radical (unpaired) electrons. The highest BCUT2D eigenvalue weighted by atomic mass is 35.5. The summed E-state index contributed by atoms with van der Waals surface area (Å²) in [5, 5.41) is 12.6. The molecule has 0 amide bonds. The minimum Gasteiger partial charge on any atom is -0.387 e.